The second kappa shape index (κ2) is 7.19. The van der Waals surface area contributed by atoms with Crippen molar-refractivity contribution in [3.8, 4) is 11.8 Å². The zero-order valence-electron chi connectivity index (χ0n) is 10.4. The Bertz CT molecular complexity index is 688. The first-order valence-corrected chi connectivity index (χ1v) is 7.77. The van der Waals surface area contributed by atoms with Gasteiger partial charge in [0.15, 0.2) is 18.2 Å². The molecule has 0 aliphatic rings. The maximum Gasteiger partial charge on any atom is 0.264 e. The minimum Gasteiger partial charge on any atom is -0.481 e. The van der Waals surface area contributed by atoms with Crippen LogP contribution in [0.2, 0.25) is 0 Å². The Morgan fingerprint density at radius 3 is 2.62 bits per heavy atom. The van der Waals surface area contributed by atoms with E-state index in [1.54, 1.807) is 6.07 Å². The van der Waals surface area contributed by atoms with Crippen LogP contribution in [0.3, 0.4) is 0 Å². The highest BCUT2D eigenvalue weighted by atomic mass is 35.7. The summed E-state index contributed by atoms with van der Waals surface area (Å²) in [7, 11) is 0.494. The molecule has 0 heterocycles. The molecule has 0 atom stereocenters. The number of rotatable bonds is 6. The summed E-state index contributed by atoms with van der Waals surface area (Å²) >= 11 is 0. The van der Waals surface area contributed by atoms with Gasteiger partial charge in [-0.1, -0.05) is 0 Å². The lowest BCUT2D eigenvalue weighted by atomic mass is 10.3. The van der Waals surface area contributed by atoms with E-state index in [9.17, 15) is 22.0 Å². The largest absolute Gasteiger partial charge is 0.481 e. The summed E-state index contributed by atoms with van der Waals surface area (Å²) in [6.07, 6.45) is 0.0943. The van der Waals surface area contributed by atoms with Crippen LogP contribution in [-0.4, -0.2) is 27.5 Å². The molecular formula is C11H9ClF2N2O4S. The molecule has 1 aromatic rings. The highest BCUT2D eigenvalue weighted by Gasteiger charge is 2.22. The van der Waals surface area contributed by atoms with Gasteiger partial charge in [-0.15, -0.1) is 0 Å². The first kappa shape index (κ1) is 17.1. The van der Waals surface area contributed by atoms with Crippen molar-refractivity contribution >= 4 is 25.6 Å². The van der Waals surface area contributed by atoms with Gasteiger partial charge in [0.25, 0.3) is 15.0 Å². The summed E-state index contributed by atoms with van der Waals surface area (Å²) in [6.45, 7) is -0.520. The van der Waals surface area contributed by atoms with Gasteiger partial charge < -0.3 is 10.1 Å². The zero-order valence-corrected chi connectivity index (χ0v) is 12.0. The molecular weight excluding hydrogens is 330 g/mol. The van der Waals surface area contributed by atoms with Crippen LogP contribution in [0.15, 0.2) is 17.0 Å². The van der Waals surface area contributed by atoms with Crippen molar-refractivity contribution in [2.24, 2.45) is 0 Å². The number of hydrogen-bond acceptors (Lipinski definition) is 5. The number of ether oxygens (including phenoxy) is 1. The molecule has 1 N–H and O–H groups in total. The summed E-state index contributed by atoms with van der Waals surface area (Å²) in [5.74, 6) is -4.53. The number of carbonyl (C=O) groups excluding carboxylic acids is 1. The maximum atomic E-state index is 13.6. The van der Waals surface area contributed by atoms with Crippen molar-refractivity contribution in [1.29, 1.82) is 5.26 Å². The number of halogens is 3. The Labute approximate surface area is 123 Å². The molecule has 0 fully saturated rings. The number of amides is 1. The molecule has 1 aromatic carbocycles. The Kier molecular flexibility index (Phi) is 5.87. The third-order valence-corrected chi connectivity index (χ3v) is 3.53. The topological polar surface area (TPSA) is 96.3 Å². The average molecular weight is 339 g/mol. The van der Waals surface area contributed by atoms with Gasteiger partial charge in [0.05, 0.1) is 12.5 Å². The standard InChI is InChI=1S/C11H9ClF2N2O4S/c12-21(18,19)8-3-2-7(10(13)11(8)14)20-6-9(17)16-5-1-4-15/h2-3H,1,5-6H2,(H,16,17). The SMILES string of the molecule is N#CCCNC(=O)COc1ccc(S(=O)(=O)Cl)c(F)c1F. The Balaban J connectivity index is 2.76. The molecule has 0 aliphatic carbocycles. The predicted octanol–water partition coefficient (Wildman–Crippen LogP) is 1.30. The van der Waals surface area contributed by atoms with E-state index in [-0.39, 0.29) is 13.0 Å². The number of hydrogen-bond donors (Lipinski definition) is 1. The van der Waals surface area contributed by atoms with Crippen molar-refractivity contribution in [2.45, 2.75) is 11.3 Å². The molecule has 1 amide bonds. The van der Waals surface area contributed by atoms with Crippen LogP contribution in [0.4, 0.5) is 8.78 Å². The second-order valence-corrected chi connectivity index (χ2v) is 6.21. The third kappa shape index (κ3) is 4.84. The van der Waals surface area contributed by atoms with E-state index in [4.69, 9.17) is 20.7 Å². The van der Waals surface area contributed by atoms with Crippen molar-refractivity contribution in [2.75, 3.05) is 13.2 Å². The molecule has 0 aromatic heterocycles. The quantitative estimate of drug-likeness (QED) is 0.623. The van der Waals surface area contributed by atoms with E-state index in [0.717, 1.165) is 12.1 Å². The van der Waals surface area contributed by atoms with Crippen LogP contribution in [0, 0.1) is 23.0 Å². The summed E-state index contributed by atoms with van der Waals surface area (Å²) in [4.78, 5) is 10.2. The summed E-state index contributed by atoms with van der Waals surface area (Å²) in [5, 5.41) is 10.6. The van der Waals surface area contributed by atoms with Crippen molar-refractivity contribution in [3.63, 3.8) is 0 Å². The average Bonchev–Trinajstić information content (AvgIpc) is 2.39. The Morgan fingerprint density at radius 2 is 2.05 bits per heavy atom. The summed E-state index contributed by atoms with van der Waals surface area (Å²) < 4.78 is 53.7. The number of nitrogens with one attached hydrogen (secondary N) is 1. The normalized spacial score (nSPS) is 10.8. The molecule has 0 aliphatic heterocycles. The minimum atomic E-state index is -4.43. The fourth-order valence-electron chi connectivity index (χ4n) is 1.27. The van der Waals surface area contributed by atoms with Crippen LogP contribution < -0.4 is 10.1 Å². The van der Waals surface area contributed by atoms with Crippen LogP contribution in [0.1, 0.15) is 6.42 Å². The van der Waals surface area contributed by atoms with E-state index in [1.165, 1.54) is 0 Å². The van der Waals surface area contributed by atoms with Crippen LogP contribution in [0.25, 0.3) is 0 Å². The van der Waals surface area contributed by atoms with E-state index < -0.39 is 43.8 Å². The van der Waals surface area contributed by atoms with Gasteiger partial charge in [-0.2, -0.15) is 9.65 Å². The number of nitriles is 1. The Hall–Kier alpha value is -1.92. The van der Waals surface area contributed by atoms with E-state index >= 15 is 0 Å². The van der Waals surface area contributed by atoms with Gasteiger partial charge in [0.1, 0.15) is 4.90 Å². The van der Waals surface area contributed by atoms with Gasteiger partial charge in [-0.3, -0.25) is 4.79 Å². The van der Waals surface area contributed by atoms with Crippen LogP contribution in [-0.2, 0) is 13.8 Å². The van der Waals surface area contributed by atoms with Gasteiger partial charge in [0, 0.05) is 17.2 Å². The lowest BCUT2D eigenvalue weighted by Crippen LogP contribution is -2.29. The lowest BCUT2D eigenvalue weighted by molar-refractivity contribution is -0.123. The summed E-state index contributed by atoms with van der Waals surface area (Å²) in [5.41, 5.74) is 0. The fraction of sp³-hybridized carbons (Fsp3) is 0.273. The molecule has 0 radical (unpaired) electrons. The van der Waals surface area contributed by atoms with Crippen molar-refractivity contribution in [3.05, 3.63) is 23.8 Å². The molecule has 114 valence electrons. The molecule has 0 saturated heterocycles. The fourth-order valence-corrected chi connectivity index (χ4v) is 2.16. The molecule has 10 heteroatoms. The van der Waals surface area contributed by atoms with Gasteiger partial charge in [-0.25, -0.2) is 12.8 Å². The van der Waals surface area contributed by atoms with Crippen molar-refractivity contribution in [1.82, 2.24) is 5.32 Å². The lowest BCUT2D eigenvalue weighted by Gasteiger charge is -2.09. The van der Waals surface area contributed by atoms with Crippen LogP contribution >= 0.6 is 10.7 Å². The number of carbonyl (C=O) groups is 1. The van der Waals surface area contributed by atoms with Crippen LogP contribution in [0.5, 0.6) is 5.75 Å². The smallest absolute Gasteiger partial charge is 0.264 e. The first-order valence-electron chi connectivity index (χ1n) is 5.46. The number of nitrogens with zero attached hydrogens (tertiary/aromatic N) is 1. The van der Waals surface area contributed by atoms with E-state index in [0.29, 0.717) is 0 Å². The molecule has 0 bridgehead atoms. The van der Waals surface area contributed by atoms with Gasteiger partial charge in [0.2, 0.25) is 5.82 Å². The molecule has 0 spiro atoms. The van der Waals surface area contributed by atoms with Crippen molar-refractivity contribution < 1.29 is 26.7 Å². The number of benzene rings is 1. The molecule has 6 nitrogen and oxygen atoms in total. The maximum absolute atomic E-state index is 13.6. The van der Waals surface area contributed by atoms with Gasteiger partial charge in [-0.05, 0) is 12.1 Å². The highest BCUT2D eigenvalue weighted by molar-refractivity contribution is 8.13. The Morgan fingerprint density at radius 1 is 1.38 bits per heavy atom. The molecule has 1 rings (SSSR count). The molecule has 21 heavy (non-hydrogen) atoms. The van der Waals surface area contributed by atoms with E-state index in [1.807, 2.05) is 0 Å². The first-order chi connectivity index (χ1) is 9.77. The third-order valence-electron chi connectivity index (χ3n) is 2.19. The second-order valence-electron chi connectivity index (χ2n) is 3.67. The monoisotopic (exact) mass is 338 g/mol. The highest BCUT2D eigenvalue weighted by Crippen LogP contribution is 2.27. The summed E-state index contributed by atoms with van der Waals surface area (Å²) in [6, 6.07) is 3.37. The molecule has 0 saturated carbocycles. The minimum absolute atomic E-state index is 0.0943. The molecule has 0 unspecified atom stereocenters. The van der Waals surface area contributed by atoms with Gasteiger partial charge >= 0.3 is 0 Å². The van der Waals surface area contributed by atoms with E-state index in [2.05, 4.69) is 5.32 Å². The zero-order chi connectivity index (χ0) is 16.0. The predicted molar refractivity (Wildman–Crippen MR) is 68.1 cm³/mol.